The highest BCUT2D eigenvalue weighted by molar-refractivity contribution is 5.90. The Kier molecular flexibility index (Phi) is 29.7. The molecule has 30 nitrogen and oxygen atoms in total. The number of esters is 4. The summed E-state index contributed by atoms with van der Waals surface area (Å²) in [6.45, 7) is 2.14. The van der Waals surface area contributed by atoms with Crippen LogP contribution in [-0.4, -0.2) is 187 Å². The van der Waals surface area contributed by atoms with Crippen molar-refractivity contribution in [1.29, 1.82) is 0 Å². The van der Waals surface area contributed by atoms with Crippen LogP contribution in [0.25, 0.3) is 20.9 Å². The molecule has 0 spiro atoms. The van der Waals surface area contributed by atoms with Gasteiger partial charge in [-0.25, -0.2) is 19.2 Å². The van der Waals surface area contributed by atoms with Crippen molar-refractivity contribution in [1.82, 2.24) is 0 Å². The molecule has 30 heteroatoms. The van der Waals surface area contributed by atoms with Gasteiger partial charge in [-0.3, -0.25) is 0 Å². The Morgan fingerprint density at radius 1 is 0.422 bits per heavy atom. The molecule has 21 atom stereocenters. The van der Waals surface area contributed by atoms with Crippen LogP contribution in [0.15, 0.2) is 247 Å². The molecule has 5 fully saturated rings. The molecule has 5 aliphatic heterocycles. The molecule has 0 saturated carbocycles. The number of ether oxygens (including phenoxy) is 20. The van der Waals surface area contributed by atoms with E-state index in [-0.39, 0.29) is 50.8 Å². The van der Waals surface area contributed by atoms with Gasteiger partial charge in [-0.15, -0.1) is 0 Å². The van der Waals surface area contributed by atoms with Gasteiger partial charge in [0.15, 0.2) is 55.9 Å². The number of azide groups is 2. The van der Waals surface area contributed by atoms with Gasteiger partial charge in [0, 0.05) is 15.4 Å². The zero-order chi connectivity index (χ0) is 80.7. The zero-order valence-electron chi connectivity index (χ0n) is 64.1. The Morgan fingerprint density at radius 2 is 0.828 bits per heavy atom. The number of benzene rings is 8. The molecule has 8 aromatic rings. The number of fused-ring (bicyclic) bond motifs is 1. The molecule has 0 aromatic heterocycles. The fraction of sp³-hybridized carbons (Fsp3) is 0.395. The van der Waals surface area contributed by atoms with E-state index in [2.05, 4.69) is 20.1 Å². The lowest BCUT2D eigenvalue weighted by Crippen LogP contribution is -2.69. The summed E-state index contributed by atoms with van der Waals surface area (Å²) >= 11 is 0. The highest BCUT2D eigenvalue weighted by Gasteiger charge is 2.61. The third kappa shape index (κ3) is 21.2. The lowest BCUT2D eigenvalue weighted by molar-refractivity contribution is -0.384. The molecule has 0 bridgehead atoms. The number of nitrogens with zero attached hydrogens (tertiary/aromatic N) is 6. The van der Waals surface area contributed by atoms with Gasteiger partial charge in [-0.2, -0.15) is 0 Å². The van der Waals surface area contributed by atoms with Crippen molar-refractivity contribution in [3.63, 3.8) is 0 Å². The zero-order valence-corrected chi connectivity index (χ0v) is 64.1. The Morgan fingerprint density at radius 3 is 1.28 bits per heavy atom. The van der Waals surface area contributed by atoms with E-state index < -0.39 is 166 Å². The normalized spacial score (nSPS) is 28.3. The maximum Gasteiger partial charge on any atom is 0.338 e. The van der Waals surface area contributed by atoms with Crippen molar-refractivity contribution in [2.45, 2.75) is 182 Å². The average Bonchev–Trinajstić information content (AvgIpc) is 0.756. The minimum absolute atomic E-state index is 0.00852. The summed E-state index contributed by atoms with van der Waals surface area (Å²) in [6, 6.07) is 65.5. The lowest BCUT2D eigenvalue weighted by atomic mass is 9.93. The van der Waals surface area contributed by atoms with Crippen LogP contribution in [0.1, 0.15) is 74.2 Å². The molecule has 5 saturated heterocycles. The maximum absolute atomic E-state index is 15.3. The van der Waals surface area contributed by atoms with E-state index in [1.807, 2.05) is 78.9 Å². The first-order valence-corrected chi connectivity index (χ1v) is 37.9. The van der Waals surface area contributed by atoms with Crippen LogP contribution in [0.3, 0.4) is 0 Å². The van der Waals surface area contributed by atoms with E-state index in [9.17, 15) is 20.7 Å². The van der Waals surface area contributed by atoms with E-state index in [4.69, 9.17) is 94.7 Å². The van der Waals surface area contributed by atoms with Crippen molar-refractivity contribution in [3.05, 3.63) is 302 Å². The van der Waals surface area contributed by atoms with E-state index >= 15 is 9.59 Å². The van der Waals surface area contributed by atoms with Crippen LogP contribution in [0.5, 0.6) is 5.75 Å². The van der Waals surface area contributed by atoms with Crippen LogP contribution >= 0.6 is 0 Å². The minimum Gasteiger partial charge on any atom is -0.497 e. The summed E-state index contributed by atoms with van der Waals surface area (Å²) in [6.07, 6.45) is -30.4. The second-order valence-corrected chi connectivity index (χ2v) is 27.9. The smallest absolute Gasteiger partial charge is 0.338 e. The first-order valence-electron chi connectivity index (χ1n) is 37.9. The van der Waals surface area contributed by atoms with Crippen molar-refractivity contribution < 1.29 is 114 Å². The number of methoxy groups -OCH3 is 3. The van der Waals surface area contributed by atoms with Gasteiger partial charge in [0.05, 0.1) is 84.8 Å². The van der Waals surface area contributed by atoms with E-state index in [0.717, 1.165) is 19.8 Å². The van der Waals surface area contributed by atoms with Crippen molar-refractivity contribution in [2.24, 2.45) is 10.2 Å². The number of hydrogen-bond acceptors (Lipinski definition) is 26. The van der Waals surface area contributed by atoms with Gasteiger partial charge in [-0.05, 0) is 89.1 Å². The summed E-state index contributed by atoms with van der Waals surface area (Å²) in [5, 5.41) is 8.69. The monoisotopic (exact) mass is 1590 g/mol. The van der Waals surface area contributed by atoms with Gasteiger partial charge in [0.1, 0.15) is 78.9 Å². The molecule has 608 valence electrons. The predicted octanol–water partition coefficient (Wildman–Crippen LogP) is 12.3. The topological polar surface area (TPSA) is 350 Å². The maximum atomic E-state index is 15.3. The third-order valence-electron chi connectivity index (χ3n) is 19.9. The molecule has 0 radical (unpaired) electrons. The van der Waals surface area contributed by atoms with Crippen LogP contribution in [0.4, 0.5) is 0 Å². The lowest BCUT2D eigenvalue weighted by Gasteiger charge is -2.52. The second-order valence-electron chi connectivity index (χ2n) is 27.9. The first kappa shape index (κ1) is 83.4. The van der Waals surface area contributed by atoms with Crippen molar-refractivity contribution in [2.75, 3.05) is 34.5 Å². The van der Waals surface area contributed by atoms with E-state index in [0.29, 0.717) is 33.6 Å². The van der Waals surface area contributed by atoms with Crippen LogP contribution in [0.2, 0.25) is 0 Å². The Labute approximate surface area is 669 Å². The van der Waals surface area contributed by atoms with Crippen LogP contribution in [0, 0.1) is 0 Å². The summed E-state index contributed by atoms with van der Waals surface area (Å²) in [5.41, 5.74) is 25.8. The van der Waals surface area contributed by atoms with Gasteiger partial charge in [0.2, 0.25) is 0 Å². The molecule has 5 heterocycles. The SMILES string of the molecule is COC(=O)[C@@H]1O[C@@H](OC(C)C)[C@H](OC(=O)c2ccccc2)[C@@H](OCc2ccccc2)[C@@H]1O[C@H]1O[C@H](COCc2ccc(OC)cc2)[C@@H](O[C@@H]2O[C@@H](C(=O)OC)[C@@H](O[C@H]3O[C@@H]4CO[C@@H](c5ccccc5)O[C@H]4[C@H](OCc4ccccc4)[C@H]3N=[N+]=[N-])[C@H](OCc3ccccc3)[C@H]2OC(=O)c2ccccc2)[C@H](OCc2ccccc2)[C@H]1N=[N+]=[N-]. The van der Waals surface area contributed by atoms with Gasteiger partial charge < -0.3 is 94.7 Å². The summed E-state index contributed by atoms with van der Waals surface area (Å²) in [4.78, 5) is 66.3. The van der Waals surface area contributed by atoms with Gasteiger partial charge in [-0.1, -0.05) is 210 Å². The number of rotatable bonds is 34. The summed E-state index contributed by atoms with van der Waals surface area (Å²) < 4.78 is 133. The number of carbonyl (C=O) groups is 4. The fourth-order valence-corrected chi connectivity index (χ4v) is 14.2. The Hall–Kier alpha value is -10.5. The molecule has 5 aliphatic rings. The Balaban J connectivity index is 0.934. The Bertz CT molecular complexity index is 4510. The number of carbonyl (C=O) groups excluding carboxylic acids is 4. The molecule has 0 unspecified atom stereocenters. The van der Waals surface area contributed by atoms with Crippen LogP contribution in [-0.2, 0) is 133 Å². The quantitative estimate of drug-likeness (QED) is 0.0119. The van der Waals surface area contributed by atoms with Gasteiger partial charge >= 0.3 is 23.9 Å². The molecule has 0 amide bonds. The standard InChI is InChI=1S/C86H90N6O24/c1-52(2)106-85-76(109-78(93)58-35-21-10-22-36-58)70(103-48-55-31-17-8-18-32-55)72(74(115-85)80(95)98-4)113-83-64(89-91-87)68(101-46-53-27-13-6-14-28-53)66(62(107-83)50-100-45-57-41-43-61(97-3)44-42-57)112-86-77(110-79(94)59-37-23-11-24-38-59)71(104-49-56-33-19-9-20-34-56)73(75(116-86)81(96)99-5)114-84-65(90-92-88)69(102-47-54-29-15-7-16-30-54)67-63(108-84)51-105-82(111-67)60-39-25-12-26-40-60/h6-44,52,62-77,82-86H,45-51H2,1-5H3/t62-,63-,64-,65-,66-,67-,68-,69-,70+,71+,72+,73+,74-,75-,76-,77-,82-,83-,84-,85-,86-/m1/s1. The molecule has 13 rings (SSSR count). The predicted molar refractivity (Wildman–Crippen MR) is 409 cm³/mol. The largest absolute Gasteiger partial charge is 0.497 e. The van der Waals surface area contributed by atoms with E-state index in [1.165, 1.54) is 19.2 Å². The van der Waals surface area contributed by atoms with Crippen molar-refractivity contribution >= 4 is 23.9 Å². The molecule has 8 aromatic carbocycles. The second kappa shape index (κ2) is 41.3. The molecular formula is C86H90N6O24. The van der Waals surface area contributed by atoms with E-state index in [1.54, 1.807) is 159 Å². The molecule has 0 aliphatic carbocycles. The number of hydrogen-bond donors (Lipinski definition) is 0. The minimum atomic E-state index is -2.01. The van der Waals surface area contributed by atoms with Crippen LogP contribution < -0.4 is 4.74 Å². The fourth-order valence-electron chi connectivity index (χ4n) is 14.2. The highest BCUT2D eigenvalue weighted by Crippen LogP contribution is 2.43. The third-order valence-corrected chi connectivity index (χ3v) is 19.9. The summed E-state index contributed by atoms with van der Waals surface area (Å²) in [7, 11) is 3.79. The first-order chi connectivity index (χ1) is 56.8. The van der Waals surface area contributed by atoms with Crippen molar-refractivity contribution in [3.8, 4) is 5.75 Å². The van der Waals surface area contributed by atoms with Gasteiger partial charge in [0.25, 0.3) is 0 Å². The molecule has 116 heavy (non-hydrogen) atoms. The highest BCUT2D eigenvalue weighted by atomic mass is 16.8. The summed E-state index contributed by atoms with van der Waals surface area (Å²) in [5.74, 6) is -3.26. The average molecular weight is 1590 g/mol. The molecule has 0 N–H and O–H groups in total. The molecular weight excluding hydrogens is 1500 g/mol.